The zero-order valence-electron chi connectivity index (χ0n) is 16.5. The molecule has 1 fully saturated rings. The number of halogens is 5. The summed E-state index contributed by atoms with van der Waals surface area (Å²) >= 11 is 9.18. The molecular formula is C22H15BrClF3N2O4. The van der Waals surface area contributed by atoms with Gasteiger partial charge in [-0.1, -0.05) is 51.8 Å². The fourth-order valence-electron chi connectivity index (χ4n) is 3.69. The van der Waals surface area contributed by atoms with Gasteiger partial charge in [0.15, 0.2) is 5.78 Å². The number of hydrogen-bond acceptors (Lipinski definition) is 4. The molecule has 0 unspecified atom stereocenters. The van der Waals surface area contributed by atoms with E-state index in [1.165, 1.54) is 41.7 Å². The average Bonchev–Trinajstić information content (AvgIpc) is 3.23. The van der Waals surface area contributed by atoms with Crippen LogP contribution in [0.25, 0.3) is 11.3 Å². The van der Waals surface area contributed by atoms with Crippen LogP contribution >= 0.6 is 27.5 Å². The second-order valence-corrected chi connectivity index (χ2v) is 8.75. The highest BCUT2D eigenvalue weighted by Gasteiger charge is 2.66. The highest BCUT2D eigenvalue weighted by Crippen LogP contribution is 2.44. The Morgan fingerprint density at radius 3 is 2.45 bits per heavy atom. The number of aliphatic hydroxyl groups is 1. The monoisotopic (exact) mass is 542 g/mol. The maximum absolute atomic E-state index is 14.0. The molecule has 0 aliphatic carbocycles. The van der Waals surface area contributed by atoms with Crippen LogP contribution in [0, 0.1) is 5.92 Å². The molecule has 1 aliphatic rings. The molecule has 0 radical (unpaired) electrons. The molecule has 1 saturated heterocycles. The van der Waals surface area contributed by atoms with Gasteiger partial charge < -0.3 is 20.2 Å². The van der Waals surface area contributed by atoms with Crippen molar-refractivity contribution in [2.45, 2.75) is 17.9 Å². The number of ketones is 1. The Bertz CT molecular complexity index is 1210. The summed E-state index contributed by atoms with van der Waals surface area (Å²) in [6, 6.07) is 12.0. The van der Waals surface area contributed by atoms with Crippen molar-refractivity contribution < 1.29 is 32.3 Å². The molecule has 3 atom stereocenters. The third kappa shape index (κ3) is 4.38. The van der Waals surface area contributed by atoms with Gasteiger partial charge in [0, 0.05) is 20.6 Å². The lowest BCUT2D eigenvalue weighted by molar-refractivity contribution is -0.288. The van der Waals surface area contributed by atoms with E-state index in [0.717, 1.165) is 0 Å². The highest BCUT2D eigenvalue weighted by atomic mass is 79.9. The highest BCUT2D eigenvalue weighted by molar-refractivity contribution is 9.10. The minimum absolute atomic E-state index is 0.0876. The van der Waals surface area contributed by atoms with Gasteiger partial charge in [0.1, 0.15) is 23.5 Å². The van der Waals surface area contributed by atoms with E-state index in [1.807, 2.05) is 0 Å². The SMILES string of the molecule is O=C1N[C@@H](c2ccc(-c3cccc(Cl)c3)o2)[C@H](C(=O)c2ccc(Br)cc2)[C@@](O)(C(F)(F)F)N1. The van der Waals surface area contributed by atoms with E-state index in [-0.39, 0.29) is 17.1 Å². The van der Waals surface area contributed by atoms with Crippen LogP contribution in [0.2, 0.25) is 5.02 Å². The summed E-state index contributed by atoms with van der Waals surface area (Å²) in [6.07, 6.45) is -5.36. The van der Waals surface area contributed by atoms with E-state index < -0.39 is 35.7 Å². The largest absolute Gasteiger partial charge is 0.459 e. The van der Waals surface area contributed by atoms with Gasteiger partial charge >= 0.3 is 12.2 Å². The number of amides is 2. The smallest absolute Gasteiger partial charge is 0.437 e. The number of benzene rings is 2. The molecular weight excluding hydrogens is 529 g/mol. The number of nitrogens with one attached hydrogen (secondary N) is 2. The van der Waals surface area contributed by atoms with Crippen LogP contribution in [0.3, 0.4) is 0 Å². The minimum atomic E-state index is -5.36. The van der Waals surface area contributed by atoms with Crippen molar-refractivity contribution in [3.63, 3.8) is 0 Å². The predicted molar refractivity (Wildman–Crippen MR) is 117 cm³/mol. The lowest BCUT2D eigenvalue weighted by atomic mass is 9.79. The Balaban J connectivity index is 1.81. The molecule has 1 aromatic heterocycles. The summed E-state index contributed by atoms with van der Waals surface area (Å²) < 4.78 is 48.3. The molecule has 3 aromatic rings. The number of alkyl halides is 3. The predicted octanol–water partition coefficient (Wildman–Crippen LogP) is 5.47. The molecule has 0 spiro atoms. The third-order valence-corrected chi connectivity index (χ3v) is 6.02. The van der Waals surface area contributed by atoms with Crippen molar-refractivity contribution in [1.29, 1.82) is 0 Å². The van der Waals surface area contributed by atoms with Gasteiger partial charge in [-0.2, -0.15) is 13.2 Å². The van der Waals surface area contributed by atoms with E-state index in [2.05, 4.69) is 21.2 Å². The first kappa shape index (κ1) is 23.3. The second-order valence-electron chi connectivity index (χ2n) is 7.40. The summed E-state index contributed by atoms with van der Waals surface area (Å²) in [5.41, 5.74) is -3.39. The topological polar surface area (TPSA) is 91.6 Å². The van der Waals surface area contributed by atoms with Crippen LogP contribution in [-0.2, 0) is 0 Å². The van der Waals surface area contributed by atoms with Crippen LogP contribution in [-0.4, -0.2) is 28.8 Å². The Morgan fingerprint density at radius 1 is 1.12 bits per heavy atom. The number of Topliss-reactive ketones (excluding diaryl/α,β-unsaturated/α-hetero) is 1. The molecule has 172 valence electrons. The van der Waals surface area contributed by atoms with Crippen molar-refractivity contribution in [2.75, 3.05) is 0 Å². The number of rotatable bonds is 4. The molecule has 3 N–H and O–H groups in total. The van der Waals surface area contributed by atoms with Crippen molar-refractivity contribution in [3.8, 4) is 11.3 Å². The summed E-state index contributed by atoms with van der Waals surface area (Å²) in [4.78, 5) is 25.4. The third-order valence-electron chi connectivity index (χ3n) is 5.26. The van der Waals surface area contributed by atoms with Crippen molar-refractivity contribution in [2.24, 2.45) is 5.92 Å². The molecule has 11 heteroatoms. The van der Waals surface area contributed by atoms with Crippen LogP contribution < -0.4 is 10.6 Å². The first-order valence-electron chi connectivity index (χ1n) is 9.53. The first-order chi connectivity index (χ1) is 15.5. The Kier molecular flexibility index (Phi) is 6.02. The minimum Gasteiger partial charge on any atom is -0.459 e. The number of furan rings is 1. The quantitative estimate of drug-likeness (QED) is 0.381. The van der Waals surface area contributed by atoms with Gasteiger partial charge in [-0.25, -0.2) is 4.79 Å². The first-order valence-corrected chi connectivity index (χ1v) is 10.7. The van der Waals surface area contributed by atoms with Gasteiger partial charge in [0.2, 0.25) is 5.72 Å². The van der Waals surface area contributed by atoms with Gasteiger partial charge in [0.25, 0.3) is 0 Å². The zero-order chi connectivity index (χ0) is 24.0. The molecule has 1 aliphatic heterocycles. The number of carbonyl (C=O) groups is 2. The second kappa shape index (κ2) is 8.51. The maximum atomic E-state index is 14.0. The molecule has 6 nitrogen and oxygen atoms in total. The summed E-state index contributed by atoms with van der Waals surface area (Å²) in [5, 5.41) is 14.8. The molecule has 4 rings (SSSR count). The van der Waals surface area contributed by atoms with Crippen LogP contribution in [0.4, 0.5) is 18.0 Å². The van der Waals surface area contributed by atoms with Gasteiger partial charge in [-0.3, -0.25) is 4.79 Å². The van der Waals surface area contributed by atoms with Crippen molar-refractivity contribution in [3.05, 3.63) is 81.5 Å². The Hall–Kier alpha value is -2.82. The van der Waals surface area contributed by atoms with Crippen LogP contribution in [0.5, 0.6) is 0 Å². The normalized spacial score (nSPS) is 23.0. The van der Waals surface area contributed by atoms with E-state index in [0.29, 0.717) is 15.1 Å². The maximum Gasteiger partial charge on any atom is 0.437 e. The molecule has 2 aromatic carbocycles. The van der Waals surface area contributed by atoms with Crippen LogP contribution in [0.15, 0.2) is 69.6 Å². The molecule has 33 heavy (non-hydrogen) atoms. The lowest BCUT2D eigenvalue weighted by Gasteiger charge is -2.44. The Labute approximate surface area is 198 Å². The van der Waals surface area contributed by atoms with E-state index in [4.69, 9.17) is 16.0 Å². The van der Waals surface area contributed by atoms with E-state index in [9.17, 15) is 27.9 Å². The molecule has 0 bridgehead atoms. The standard InChI is InChI=1S/C22H15BrClF3N2O4/c23-13-6-4-11(5-7-13)19(30)17-18(28-20(31)29-21(17,32)22(25,26)27)16-9-8-15(33-16)12-2-1-3-14(24)10-12/h1-10,17-18,32H,(H2,28,29,31)/t17-,18+,21-/m1/s1. The fraction of sp³-hybridized carbons (Fsp3) is 0.182. The van der Waals surface area contributed by atoms with Crippen LogP contribution in [0.1, 0.15) is 22.2 Å². The van der Waals surface area contributed by atoms with Crippen molar-refractivity contribution >= 4 is 39.3 Å². The number of carbonyl (C=O) groups excluding carboxylic acids is 2. The van der Waals surface area contributed by atoms with E-state index >= 15 is 0 Å². The number of urea groups is 1. The van der Waals surface area contributed by atoms with Gasteiger partial charge in [-0.15, -0.1) is 0 Å². The summed E-state index contributed by atoms with van der Waals surface area (Å²) in [5.74, 6) is -3.11. The summed E-state index contributed by atoms with van der Waals surface area (Å²) in [6.45, 7) is 0. The number of hydrogen-bond donors (Lipinski definition) is 3. The Morgan fingerprint density at radius 2 is 1.82 bits per heavy atom. The average molecular weight is 544 g/mol. The molecule has 0 saturated carbocycles. The molecule has 2 heterocycles. The summed E-state index contributed by atoms with van der Waals surface area (Å²) in [7, 11) is 0. The van der Waals surface area contributed by atoms with E-state index in [1.54, 1.807) is 24.3 Å². The van der Waals surface area contributed by atoms with Gasteiger partial charge in [-0.05, 0) is 36.4 Å². The lowest BCUT2D eigenvalue weighted by Crippen LogP contribution is -2.72. The zero-order valence-corrected chi connectivity index (χ0v) is 18.8. The fourth-order valence-corrected chi connectivity index (χ4v) is 4.14. The van der Waals surface area contributed by atoms with Crippen molar-refractivity contribution in [1.82, 2.24) is 10.6 Å². The van der Waals surface area contributed by atoms with Gasteiger partial charge in [0.05, 0.1) is 0 Å². The molecule has 2 amide bonds.